The van der Waals surface area contributed by atoms with E-state index in [0.29, 0.717) is 12.1 Å². The first-order valence-electron chi connectivity index (χ1n) is 8.46. The van der Waals surface area contributed by atoms with E-state index in [-0.39, 0.29) is 0 Å². The summed E-state index contributed by atoms with van der Waals surface area (Å²) in [5, 5.41) is 3.53. The van der Waals surface area contributed by atoms with Crippen LogP contribution in [0.25, 0.3) is 0 Å². The minimum absolute atomic E-state index is 0.476. The van der Waals surface area contributed by atoms with E-state index < -0.39 is 0 Å². The number of rotatable bonds is 7. The molecule has 0 amide bonds. The Morgan fingerprint density at radius 3 is 2.43 bits per heavy atom. The maximum atomic E-state index is 3.53. The first-order valence-corrected chi connectivity index (χ1v) is 8.46. The van der Waals surface area contributed by atoms with Crippen LogP contribution in [0.4, 0.5) is 0 Å². The van der Waals surface area contributed by atoms with Gasteiger partial charge in [0.15, 0.2) is 0 Å². The molecule has 3 nitrogen and oxygen atoms in total. The van der Waals surface area contributed by atoms with Crippen molar-refractivity contribution < 1.29 is 0 Å². The largest absolute Gasteiger partial charge is 0.315 e. The molecule has 21 heavy (non-hydrogen) atoms. The molecule has 0 aliphatic carbocycles. The fourth-order valence-electron chi connectivity index (χ4n) is 3.35. The zero-order valence-corrected chi connectivity index (χ0v) is 13.9. The molecular formula is C18H31N3. The van der Waals surface area contributed by atoms with Crippen LogP contribution in [0.2, 0.25) is 0 Å². The lowest BCUT2D eigenvalue weighted by Crippen LogP contribution is -2.46. The Labute approximate surface area is 130 Å². The lowest BCUT2D eigenvalue weighted by atomic mass is 9.98. The molecular weight excluding hydrogens is 258 g/mol. The number of likely N-dealkylation sites (N-methyl/N-ethyl adjacent to an activating group) is 2. The molecule has 1 aliphatic rings. The third-order valence-electron chi connectivity index (χ3n) is 4.84. The van der Waals surface area contributed by atoms with Crippen LogP contribution in [-0.4, -0.2) is 55.6 Å². The van der Waals surface area contributed by atoms with Gasteiger partial charge < -0.3 is 10.2 Å². The van der Waals surface area contributed by atoms with Crippen molar-refractivity contribution in [2.75, 3.05) is 39.8 Å². The van der Waals surface area contributed by atoms with Gasteiger partial charge in [-0.3, -0.25) is 4.90 Å². The van der Waals surface area contributed by atoms with Crippen molar-refractivity contribution in [1.82, 2.24) is 15.1 Å². The Morgan fingerprint density at radius 1 is 1.19 bits per heavy atom. The first kappa shape index (κ1) is 16.5. The number of piperidine rings is 1. The van der Waals surface area contributed by atoms with Crippen LogP contribution in [0.3, 0.4) is 0 Å². The SMILES string of the molecule is CCNCC(c1ccccc1)N(C)C1CCN(CC)CC1. The highest BCUT2D eigenvalue weighted by Gasteiger charge is 2.27. The van der Waals surface area contributed by atoms with Crippen molar-refractivity contribution >= 4 is 0 Å². The quantitative estimate of drug-likeness (QED) is 0.833. The monoisotopic (exact) mass is 289 g/mol. The van der Waals surface area contributed by atoms with E-state index in [0.717, 1.165) is 13.1 Å². The molecule has 1 fully saturated rings. The molecule has 1 saturated heterocycles. The van der Waals surface area contributed by atoms with Gasteiger partial charge in [-0.1, -0.05) is 44.2 Å². The lowest BCUT2D eigenvalue weighted by molar-refractivity contribution is 0.0976. The topological polar surface area (TPSA) is 18.5 Å². The van der Waals surface area contributed by atoms with Crippen molar-refractivity contribution in [3.8, 4) is 0 Å². The third kappa shape index (κ3) is 4.53. The molecule has 0 bridgehead atoms. The second-order valence-corrected chi connectivity index (χ2v) is 6.07. The van der Waals surface area contributed by atoms with Crippen LogP contribution < -0.4 is 5.32 Å². The molecule has 0 saturated carbocycles. The fourth-order valence-corrected chi connectivity index (χ4v) is 3.35. The number of nitrogens with one attached hydrogen (secondary N) is 1. The standard InChI is InChI=1S/C18H31N3/c1-4-19-15-18(16-9-7-6-8-10-16)20(3)17-11-13-21(5-2)14-12-17/h6-10,17-19H,4-5,11-15H2,1-3H3. The summed E-state index contributed by atoms with van der Waals surface area (Å²) in [7, 11) is 2.31. The molecule has 1 aliphatic heterocycles. The van der Waals surface area contributed by atoms with Gasteiger partial charge in [-0.05, 0) is 51.6 Å². The smallest absolute Gasteiger partial charge is 0.0472 e. The molecule has 1 heterocycles. The molecule has 1 atom stereocenters. The summed E-state index contributed by atoms with van der Waals surface area (Å²) in [6.07, 6.45) is 2.58. The lowest BCUT2D eigenvalue weighted by Gasteiger charge is -2.40. The highest BCUT2D eigenvalue weighted by molar-refractivity contribution is 5.19. The van der Waals surface area contributed by atoms with Gasteiger partial charge >= 0.3 is 0 Å². The zero-order chi connectivity index (χ0) is 15.1. The van der Waals surface area contributed by atoms with E-state index in [2.05, 4.69) is 66.3 Å². The highest BCUT2D eigenvalue weighted by atomic mass is 15.2. The Kier molecular flexibility index (Phi) is 6.68. The average Bonchev–Trinajstić information content (AvgIpc) is 2.56. The van der Waals surface area contributed by atoms with Crippen molar-refractivity contribution in [2.45, 2.75) is 38.8 Å². The highest BCUT2D eigenvalue weighted by Crippen LogP contribution is 2.25. The molecule has 1 unspecified atom stereocenters. The van der Waals surface area contributed by atoms with Gasteiger partial charge in [0.2, 0.25) is 0 Å². The van der Waals surface area contributed by atoms with Gasteiger partial charge in [0.1, 0.15) is 0 Å². The van der Waals surface area contributed by atoms with E-state index in [1.807, 2.05) is 0 Å². The normalized spacial score (nSPS) is 19.0. The Balaban J connectivity index is 2.02. The molecule has 1 aromatic carbocycles. The first-order chi connectivity index (χ1) is 10.3. The molecule has 3 heteroatoms. The minimum Gasteiger partial charge on any atom is -0.315 e. The average molecular weight is 289 g/mol. The van der Waals surface area contributed by atoms with Crippen LogP contribution in [-0.2, 0) is 0 Å². The van der Waals surface area contributed by atoms with E-state index in [1.165, 1.54) is 38.0 Å². The fraction of sp³-hybridized carbons (Fsp3) is 0.667. The molecule has 1 aromatic rings. The molecule has 2 rings (SSSR count). The zero-order valence-electron chi connectivity index (χ0n) is 13.9. The second kappa shape index (κ2) is 8.52. The van der Waals surface area contributed by atoms with Crippen molar-refractivity contribution in [2.24, 2.45) is 0 Å². The summed E-state index contributed by atoms with van der Waals surface area (Å²) < 4.78 is 0. The van der Waals surface area contributed by atoms with Gasteiger partial charge in [0, 0.05) is 18.6 Å². The van der Waals surface area contributed by atoms with Gasteiger partial charge in [0.25, 0.3) is 0 Å². The number of nitrogens with zero attached hydrogens (tertiary/aromatic N) is 2. The summed E-state index contributed by atoms with van der Waals surface area (Å²) in [6.45, 7) is 10.2. The van der Waals surface area contributed by atoms with Crippen molar-refractivity contribution in [1.29, 1.82) is 0 Å². The van der Waals surface area contributed by atoms with E-state index in [1.54, 1.807) is 0 Å². The maximum Gasteiger partial charge on any atom is 0.0472 e. The van der Waals surface area contributed by atoms with Gasteiger partial charge in [-0.2, -0.15) is 0 Å². The predicted molar refractivity (Wildman–Crippen MR) is 90.6 cm³/mol. The summed E-state index contributed by atoms with van der Waals surface area (Å²) >= 11 is 0. The molecule has 1 N–H and O–H groups in total. The van der Waals surface area contributed by atoms with E-state index in [4.69, 9.17) is 0 Å². The Hall–Kier alpha value is -0.900. The van der Waals surface area contributed by atoms with Crippen molar-refractivity contribution in [3.05, 3.63) is 35.9 Å². The summed E-state index contributed by atoms with van der Waals surface area (Å²) in [4.78, 5) is 5.16. The van der Waals surface area contributed by atoms with Crippen LogP contribution in [0.5, 0.6) is 0 Å². The van der Waals surface area contributed by atoms with E-state index >= 15 is 0 Å². The minimum atomic E-state index is 0.476. The number of hydrogen-bond donors (Lipinski definition) is 1. The number of hydrogen-bond acceptors (Lipinski definition) is 3. The third-order valence-corrected chi connectivity index (χ3v) is 4.84. The molecule has 0 spiro atoms. The number of benzene rings is 1. The van der Waals surface area contributed by atoms with Gasteiger partial charge in [-0.25, -0.2) is 0 Å². The molecule has 0 radical (unpaired) electrons. The Bertz CT molecular complexity index is 385. The molecule has 118 valence electrons. The van der Waals surface area contributed by atoms with Crippen LogP contribution in [0, 0.1) is 0 Å². The summed E-state index contributed by atoms with van der Waals surface area (Å²) in [6, 6.07) is 12.1. The van der Waals surface area contributed by atoms with E-state index in [9.17, 15) is 0 Å². The van der Waals surface area contributed by atoms with Crippen molar-refractivity contribution in [3.63, 3.8) is 0 Å². The second-order valence-electron chi connectivity index (χ2n) is 6.07. The Morgan fingerprint density at radius 2 is 1.86 bits per heavy atom. The summed E-state index contributed by atoms with van der Waals surface area (Å²) in [5.74, 6) is 0. The molecule has 0 aromatic heterocycles. The van der Waals surface area contributed by atoms with Gasteiger partial charge in [-0.15, -0.1) is 0 Å². The van der Waals surface area contributed by atoms with Crippen LogP contribution in [0.1, 0.15) is 38.3 Å². The maximum absolute atomic E-state index is 3.53. The van der Waals surface area contributed by atoms with Crippen LogP contribution in [0.15, 0.2) is 30.3 Å². The number of likely N-dealkylation sites (tertiary alicyclic amines) is 1. The van der Waals surface area contributed by atoms with Crippen LogP contribution >= 0.6 is 0 Å². The predicted octanol–water partition coefficient (Wildman–Crippen LogP) is 2.75. The summed E-state index contributed by atoms with van der Waals surface area (Å²) in [5.41, 5.74) is 1.43. The van der Waals surface area contributed by atoms with Gasteiger partial charge in [0.05, 0.1) is 0 Å².